The molecule has 0 unspecified atom stereocenters. The van der Waals surface area contributed by atoms with E-state index in [1.165, 1.54) is 5.56 Å². The second-order valence-corrected chi connectivity index (χ2v) is 7.95. The van der Waals surface area contributed by atoms with Crippen LogP contribution < -0.4 is 4.74 Å². The van der Waals surface area contributed by atoms with E-state index < -0.39 is 5.97 Å². The third-order valence-corrected chi connectivity index (χ3v) is 5.52. The molecule has 0 fully saturated rings. The first-order chi connectivity index (χ1) is 16.6. The van der Waals surface area contributed by atoms with Crippen molar-refractivity contribution in [3.05, 3.63) is 102 Å². The molecule has 6 heteroatoms. The maximum Gasteiger partial charge on any atom is 0.307 e. The monoisotopic (exact) mass is 456 g/mol. The second kappa shape index (κ2) is 11.2. The number of nitrogens with zero attached hydrogens (tertiary/aromatic N) is 2. The van der Waals surface area contributed by atoms with E-state index >= 15 is 0 Å². The van der Waals surface area contributed by atoms with Gasteiger partial charge in [-0.1, -0.05) is 65.8 Å². The van der Waals surface area contributed by atoms with Crippen molar-refractivity contribution in [2.24, 2.45) is 5.16 Å². The summed E-state index contributed by atoms with van der Waals surface area (Å²) in [6.07, 6.45) is 2.98. The number of rotatable bonds is 11. The number of hydrogen-bond donors (Lipinski definition) is 1. The van der Waals surface area contributed by atoms with Gasteiger partial charge in [-0.25, -0.2) is 0 Å². The van der Waals surface area contributed by atoms with E-state index in [-0.39, 0.29) is 13.0 Å². The van der Waals surface area contributed by atoms with Crippen LogP contribution in [0.1, 0.15) is 23.6 Å². The number of fused-ring (bicyclic) bond motifs is 1. The van der Waals surface area contributed by atoms with Crippen molar-refractivity contribution >= 4 is 22.6 Å². The number of ether oxygens (including phenoxy) is 1. The molecule has 0 amide bonds. The molecule has 4 rings (SSSR count). The molecule has 0 radical (unpaired) electrons. The molecule has 0 aliphatic rings. The summed E-state index contributed by atoms with van der Waals surface area (Å²) < 4.78 is 8.26. The molecular formula is C28H28N2O4. The van der Waals surface area contributed by atoms with E-state index in [0.717, 1.165) is 29.4 Å². The molecule has 0 saturated heterocycles. The first-order valence-corrected chi connectivity index (χ1v) is 11.4. The fraction of sp³-hybridized carbons (Fsp3) is 0.214. The Kier molecular flexibility index (Phi) is 7.60. The number of carboxylic acid groups (broad SMARTS) is 1. The van der Waals surface area contributed by atoms with E-state index in [1.54, 1.807) is 18.2 Å². The summed E-state index contributed by atoms with van der Waals surface area (Å²) in [7, 11) is 0. The van der Waals surface area contributed by atoms with Gasteiger partial charge in [-0.05, 0) is 42.7 Å². The van der Waals surface area contributed by atoms with Crippen LogP contribution in [0.5, 0.6) is 5.75 Å². The van der Waals surface area contributed by atoms with Crippen molar-refractivity contribution in [3.8, 4) is 5.75 Å². The molecule has 174 valence electrons. The maximum absolute atomic E-state index is 11.0. The molecule has 0 bridgehead atoms. The van der Waals surface area contributed by atoms with Gasteiger partial charge in [-0.15, -0.1) is 0 Å². The van der Waals surface area contributed by atoms with Gasteiger partial charge < -0.3 is 19.2 Å². The molecule has 1 N–H and O–H groups in total. The Balaban J connectivity index is 1.59. The summed E-state index contributed by atoms with van der Waals surface area (Å²) in [5.41, 5.74) is 4.74. The summed E-state index contributed by atoms with van der Waals surface area (Å²) >= 11 is 0. The van der Waals surface area contributed by atoms with Gasteiger partial charge in [0, 0.05) is 29.2 Å². The first-order valence-electron chi connectivity index (χ1n) is 11.4. The second-order valence-electron chi connectivity index (χ2n) is 7.95. The fourth-order valence-corrected chi connectivity index (χ4v) is 3.92. The van der Waals surface area contributed by atoms with Crippen molar-refractivity contribution in [2.75, 3.05) is 13.2 Å². The molecule has 34 heavy (non-hydrogen) atoms. The summed E-state index contributed by atoms with van der Waals surface area (Å²) in [4.78, 5) is 16.5. The number of benzene rings is 3. The van der Waals surface area contributed by atoms with E-state index in [0.29, 0.717) is 23.6 Å². The Hall–Kier alpha value is -4.06. The van der Waals surface area contributed by atoms with Crippen LogP contribution in [-0.4, -0.2) is 34.6 Å². The Morgan fingerprint density at radius 1 is 0.971 bits per heavy atom. The van der Waals surface area contributed by atoms with Crippen LogP contribution in [0.15, 0.2) is 90.2 Å². The molecule has 0 aliphatic heterocycles. The Labute approximate surface area is 199 Å². The van der Waals surface area contributed by atoms with Gasteiger partial charge in [-0.3, -0.25) is 4.79 Å². The first kappa shape index (κ1) is 23.1. The zero-order valence-electron chi connectivity index (χ0n) is 19.2. The van der Waals surface area contributed by atoms with Gasteiger partial charge in [0.05, 0.1) is 6.42 Å². The lowest BCUT2D eigenvalue weighted by molar-refractivity contribution is -0.136. The van der Waals surface area contributed by atoms with Crippen LogP contribution in [0.3, 0.4) is 0 Å². The topological polar surface area (TPSA) is 73.1 Å². The molecule has 0 spiro atoms. The number of para-hydroxylation sites is 1. The molecule has 3 aromatic carbocycles. The summed E-state index contributed by atoms with van der Waals surface area (Å²) in [5.74, 6) is -0.283. The van der Waals surface area contributed by atoms with Gasteiger partial charge in [0.25, 0.3) is 0 Å². The van der Waals surface area contributed by atoms with Crippen molar-refractivity contribution < 1.29 is 19.5 Å². The molecule has 1 aromatic heterocycles. The highest BCUT2D eigenvalue weighted by molar-refractivity contribution is 6.11. The Morgan fingerprint density at radius 3 is 2.53 bits per heavy atom. The van der Waals surface area contributed by atoms with Gasteiger partial charge >= 0.3 is 5.97 Å². The van der Waals surface area contributed by atoms with Gasteiger partial charge in [0.15, 0.2) is 0 Å². The normalized spacial score (nSPS) is 11.5. The highest BCUT2D eigenvalue weighted by Crippen LogP contribution is 2.24. The lowest BCUT2D eigenvalue weighted by Crippen LogP contribution is -2.14. The standard InChI is InChI=1S/C28H28N2O4/c1-2-34-29-26(20-33-23-12-8-11-22(17-23)18-28(31)32)25-19-30(27-14-7-6-13-24(25)27)16-15-21-9-4-3-5-10-21/h3-14,17,19H,2,15-16,18,20H2,1H3,(H,31,32)/b29-26+. The highest BCUT2D eigenvalue weighted by Gasteiger charge is 2.15. The third kappa shape index (κ3) is 5.84. The van der Waals surface area contributed by atoms with Crippen molar-refractivity contribution in [2.45, 2.75) is 26.3 Å². The summed E-state index contributed by atoms with van der Waals surface area (Å²) in [6, 6.07) is 25.8. The fourth-order valence-electron chi connectivity index (χ4n) is 3.92. The van der Waals surface area contributed by atoms with Gasteiger partial charge in [0.1, 0.15) is 24.7 Å². The van der Waals surface area contributed by atoms with E-state index in [1.807, 2.05) is 31.2 Å². The number of carbonyl (C=O) groups is 1. The number of aryl methyl sites for hydroxylation is 2. The van der Waals surface area contributed by atoms with Crippen LogP contribution in [0, 0.1) is 0 Å². The molecule has 4 aromatic rings. The number of carboxylic acids is 1. The molecular weight excluding hydrogens is 428 g/mol. The Morgan fingerprint density at radius 2 is 1.74 bits per heavy atom. The minimum absolute atomic E-state index is 0.0496. The van der Waals surface area contributed by atoms with Crippen molar-refractivity contribution in [3.63, 3.8) is 0 Å². The number of oxime groups is 1. The van der Waals surface area contributed by atoms with Crippen LogP contribution in [0.25, 0.3) is 10.9 Å². The zero-order valence-corrected chi connectivity index (χ0v) is 19.2. The van der Waals surface area contributed by atoms with E-state index in [4.69, 9.17) is 14.7 Å². The molecule has 0 aliphatic carbocycles. The van der Waals surface area contributed by atoms with E-state index in [9.17, 15) is 4.79 Å². The molecule has 0 atom stereocenters. The third-order valence-electron chi connectivity index (χ3n) is 5.52. The van der Waals surface area contributed by atoms with Gasteiger partial charge in [-0.2, -0.15) is 0 Å². The average molecular weight is 457 g/mol. The van der Waals surface area contributed by atoms with E-state index in [2.05, 4.69) is 52.3 Å². The highest BCUT2D eigenvalue weighted by atomic mass is 16.6. The lowest BCUT2D eigenvalue weighted by atomic mass is 10.1. The van der Waals surface area contributed by atoms with Crippen LogP contribution in [0.4, 0.5) is 0 Å². The summed E-state index contributed by atoms with van der Waals surface area (Å²) in [6.45, 7) is 3.37. The van der Waals surface area contributed by atoms with Crippen molar-refractivity contribution in [1.29, 1.82) is 0 Å². The lowest BCUT2D eigenvalue weighted by Gasteiger charge is -2.10. The molecule has 0 saturated carbocycles. The minimum Gasteiger partial charge on any atom is -0.487 e. The molecule has 6 nitrogen and oxygen atoms in total. The maximum atomic E-state index is 11.0. The predicted molar refractivity (Wildman–Crippen MR) is 134 cm³/mol. The smallest absolute Gasteiger partial charge is 0.307 e. The van der Waals surface area contributed by atoms with Gasteiger partial charge in [0.2, 0.25) is 0 Å². The predicted octanol–water partition coefficient (Wildman–Crippen LogP) is 5.33. The largest absolute Gasteiger partial charge is 0.487 e. The SMILES string of the molecule is CCO/N=C(\COc1cccc(CC(=O)O)c1)c1cn(CCc2ccccc2)c2ccccc12. The van der Waals surface area contributed by atoms with Crippen molar-refractivity contribution in [1.82, 2.24) is 4.57 Å². The number of aromatic nitrogens is 1. The zero-order chi connectivity index (χ0) is 23.8. The quantitative estimate of drug-likeness (QED) is 0.245. The van der Waals surface area contributed by atoms with Crippen LogP contribution in [-0.2, 0) is 29.0 Å². The Bertz CT molecular complexity index is 1280. The average Bonchev–Trinajstić information content (AvgIpc) is 3.22. The number of aliphatic carboxylic acids is 1. The minimum atomic E-state index is -0.876. The van der Waals surface area contributed by atoms with Crippen LogP contribution >= 0.6 is 0 Å². The number of hydrogen-bond acceptors (Lipinski definition) is 4. The van der Waals surface area contributed by atoms with Crippen LogP contribution in [0.2, 0.25) is 0 Å². The summed E-state index contributed by atoms with van der Waals surface area (Å²) in [5, 5.41) is 14.5. The molecule has 1 heterocycles.